The summed E-state index contributed by atoms with van der Waals surface area (Å²) in [5.41, 5.74) is 0.283. The van der Waals surface area contributed by atoms with E-state index < -0.39 is 5.41 Å². The SMILES string of the molecule is COc1ccc(C(C)(C)C(=O)NC2CCNC2)cc1OC.Cl. The molecular weight excluding hydrogens is 304 g/mol. The van der Waals surface area contributed by atoms with Gasteiger partial charge in [0.1, 0.15) is 0 Å². The zero-order chi connectivity index (χ0) is 15.5. The molecule has 0 saturated carbocycles. The van der Waals surface area contributed by atoms with Crippen LogP contribution in [0.15, 0.2) is 18.2 Å². The third-order valence-electron chi connectivity index (χ3n) is 4.07. The van der Waals surface area contributed by atoms with E-state index in [9.17, 15) is 4.79 Å². The van der Waals surface area contributed by atoms with Crippen LogP contribution in [0.5, 0.6) is 11.5 Å². The minimum Gasteiger partial charge on any atom is -0.493 e. The summed E-state index contributed by atoms with van der Waals surface area (Å²) in [6, 6.07) is 5.83. The number of carbonyl (C=O) groups excluding carboxylic acids is 1. The Balaban J connectivity index is 0.00000242. The lowest BCUT2D eigenvalue weighted by Gasteiger charge is -2.27. The van der Waals surface area contributed by atoms with E-state index in [0.717, 1.165) is 25.1 Å². The average Bonchev–Trinajstić information content (AvgIpc) is 2.99. The van der Waals surface area contributed by atoms with Gasteiger partial charge in [0.15, 0.2) is 11.5 Å². The van der Waals surface area contributed by atoms with Crippen LogP contribution in [0.1, 0.15) is 25.8 Å². The maximum Gasteiger partial charge on any atom is 0.230 e. The van der Waals surface area contributed by atoms with E-state index in [2.05, 4.69) is 10.6 Å². The van der Waals surface area contributed by atoms with Crippen molar-refractivity contribution in [1.82, 2.24) is 10.6 Å². The van der Waals surface area contributed by atoms with Crippen molar-refractivity contribution in [3.63, 3.8) is 0 Å². The Labute approximate surface area is 138 Å². The predicted molar refractivity (Wildman–Crippen MR) is 89.2 cm³/mol. The topological polar surface area (TPSA) is 59.6 Å². The summed E-state index contributed by atoms with van der Waals surface area (Å²) >= 11 is 0. The van der Waals surface area contributed by atoms with Crippen molar-refractivity contribution in [1.29, 1.82) is 0 Å². The number of methoxy groups -OCH3 is 2. The second-order valence-corrected chi connectivity index (χ2v) is 5.86. The maximum atomic E-state index is 12.6. The van der Waals surface area contributed by atoms with Gasteiger partial charge < -0.3 is 20.1 Å². The molecule has 22 heavy (non-hydrogen) atoms. The molecule has 1 unspecified atom stereocenters. The molecule has 0 spiro atoms. The van der Waals surface area contributed by atoms with Crippen molar-refractivity contribution in [3.05, 3.63) is 23.8 Å². The summed E-state index contributed by atoms with van der Waals surface area (Å²) < 4.78 is 10.6. The molecule has 124 valence electrons. The Kier molecular flexibility index (Phi) is 6.50. The number of ether oxygens (including phenoxy) is 2. The van der Waals surface area contributed by atoms with E-state index in [0.29, 0.717) is 11.5 Å². The third kappa shape index (κ3) is 3.84. The number of carbonyl (C=O) groups is 1. The summed E-state index contributed by atoms with van der Waals surface area (Å²) in [5.74, 6) is 1.33. The van der Waals surface area contributed by atoms with Gasteiger partial charge in [-0.25, -0.2) is 0 Å². The van der Waals surface area contributed by atoms with Gasteiger partial charge in [0.25, 0.3) is 0 Å². The number of rotatable bonds is 5. The second kappa shape index (κ2) is 7.70. The lowest BCUT2D eigenvalue weighted by atomic mass is 9.83. The van der Waals surface area contributed by atoms with Crippen LogP contribution in [0, 0.1) is 0 Å². The molecule has 1 saturated heterocycles. The first-order valence-corrected chi connectivity index (χ1v) is 7.23. The van der Waals surface area contributed by atoms with E-state index in [1.165, 1.54) is 0 Å². The van der Waals surface area contributed by atoms with Crippen LogP contribution in [0.3, 0.4) is 0 Å². The van der Waals surface area contributed by atoms with Crippen LogP contribution in [-0.2, 0) is 10.2 Å². The molecule has 1 aliphatic heterocycles. The summed E-state index contributed by atoms with van der Waals surface area (Å²) in [4.78, 5) is 12.6. The molecule has 1 aromatic carbocycles. The smallest absolute Gasteiger partial charge is 0.230 e. The number of nitrogens with one attached hydrogen (secondary N) is 2. The normalized spacial score (nSPS) is 17.5. The van der Waals surface area contributed by atoms with Crippen molar-refractivity contribution in [2.45, 2.75) is 31.7 Å². The zero-order valence-electron chi connectivity index (χ0n) is 13.6. The van der Waals surface area contributed by atoms with Crippen LogP contribution >= 0.6 is 12.4 Å². The fraction of sp³-hybridized carbons (Fsp3) is 0.562. The first-order valence-electron chi connectivity index (χ1n) is 7.23. The van der Waals surface area contributed by atoms with Crippen molar-refractivity contribution in [3.8, 4) is 11.5 Å². The van der Waals surface area contributed by atoms with Crippen molar-refractivity contribution < 1.29 is 14.3 Å². The molecule has 0 radical (unpaired) electrons. The summed E-state index contributed by atoms with van der Waals surface area (Å²) in [7, 11) is 3.20. The van der Waals surface area contributed by atoms with Crippen LogP contribution in [0.2, 0.25) is 0 Å². The molecule has 0 aromatic heterocycles. The number of amides is 1. The molecule has 1 fully saturated rings. The van der Waals surface area contributed by atoms with E-state index in [-0.39, 0.29) is 24.4 Å². The second-order valence-electron chi connectivity index (χ2n) is 5.86. The Morgan fingerprint density at radius 3 is 2.50 bits per heavy atom. The molecule has 0 bridgehead atoms. The Morgan fingerprint density at radius 2 is 1.95 bits per heavy atom. The quantitative estimate of drug-likeness (QED) is 0.866. The molecule has 1 heterocycles. The molecule has 1 atom stereocenters. The van der Waals surface area contributed by atoms with Crippen LogP contribution < -0.4 is 20.1 Å². The summed E-state index contributed by atoms with van der Waals surface area (Å²) in [6.07, 6.45) is 0.980. The van der Waals surface area contributed by atoms with E-state index in [1.54, 1.807) is 14.2 Å². The van der Waals surface area contributed by atoms with Gasteiger partial charge >= 0.3 is 0 Å². The molecule has 1 aliphatic rings. The van der Waals surface area contributed by atoms with Gasteiger partial charge in [0, 0.05) is 12.6 Å². The first kappa shape index (κ1) is 18.6. The van der Waals surface area contributed by atoms with Crippen LogP contribution in [-0.4, -0.2) is 39.3 Å². The third-order valence-corrected chi connectivity index (χ3v) is 4.07. The number of halogens is 1. The predicted octanol–water partition coefficient (Wildman–Crippen LogP) is 1.88. The average molecular weight is 329 g/mol. The van der Waals surface area contributed by atoms with Gasteiger partial charge in [-0.15, -0.1) is 12.4 Å². The largest absolute Gasteiger partial charge is 0.493 e. The Hall–Kier alpha value is -1.46. The first-order chi connectivity index (χ1) is 9.98. The van der Waals surface area contributed by atoms with Crippen LogP contribution in [0.4, 0.5) is 0 Å². The lowest BCUT2D eigenvalue weighted by molar-refractivity contribution is -0.126. The van der Waals surface area contributed by atoms with E-state index in [4.69, 9.17) is 9.47 Å². The highest BCUT2D eigenvalue weighted by Gasteiger charge is 2.32. The lowest BCUT2D eigenvalue weighted by Crippen LogP contribution is -2.45. The van der Waals surface area contributed by atoms with Gasteiger partial charge in [-0.2, -0.15) is 0 Å². The highest BCUT2D eigenvalue weighted by Crippen LogP contribution is 2.33. The van der Waals surface area contributed by atoms with Gasteiger partial charge in [0.05, 0.1) is 19.6 Å². The van der Waals surface area contributed by atoms with Gasteiger partial charge in [-0.05, 0) is 44.5 Å². The molecule has 0 aliphatic carbocycles. The molecule has 6 heteroatoms. The molecular formula is C16H25ClN2O3. The van der Waals surface area contributed by atoms with Crippen LogP contribution in [0.25, 0.3) is 0 Å². The molecule has 2 rings (SSSR count). The fourth-order valence-electron chi connectivity index (χ4n) is 2.50. The zero-order valence-corrected chi connectivity index (χ0v) is 14.4. The monoisotopic (exact) mass is 328 g/mol. The number of hydrogen-bond acceptors (Lipinski definition) is 4. The number of benzene rings is 1. The Bertz CT molecular complexity index is 514. The maximum absolute atomic E-state index is 12.6. The summed E-state index contributed by atoms with van der Waals surface area (Å²) in [6.45, 7) is 5.65. The highest BCUT2D eigenvalue weighted by atomic mass is 35.5. The summed E-state index contributed by atoms with van der Waals surface area (Å²) in [5, 5.41) is 6.36. The van der Waals surface area contributed by atoms with Gasteiger partial charge in [-0.1, -0.05) is 6.07 Å². The van der Waals surface area contributed by atoms with Gasteiger partial charge in [0.2, 0.25) is 5.91 Å². The standard InChI is InChI=1S/C16H24N2O3.ClH/c1-16(2,15(19)18-12-7-8-17-10-12)11-5-6-13(20-3)14(9-11)21-4;/h5-6,9,12,17H,7-8,10H2,1-4H3,(H,18,19);1H. The minimum absolute atomic E-state index is 0. The van der Waals surface area contributed by atoms with E-state index >= 15 is 0 Å². The van der Waals surface area contributed by atoms with E-state index in [1.807, 2.05) is 32.0 Å². The molecule has 5 nitrogen and oxygen atoms in total. The fourth-order valence-corrected chi connectivity index (χ4v) is 2.50. The highest BCUT2D eigenvalue weighted by molar-refractivity contribution is 5.87. The molecule has 2 N–H and O–H groups in total. The van der Waals surface area contributed by atoms with Crippen molar-refractivity contribution in [2.75, 3.05) is 27.3 Å². The molecule has 1 aromatic rings. The Morgan fingerprint density at radius 1 is 1.27 bits per heavy atom. The minimum atomic E-state index is -0.623. The van der Waals surface area contributed by atoms with Gasteiger partial charge in [-0.3, -0.25) is 4.79 Å². The van der Waals surface area contributed by atoms with Crippen molar-refractivity contribution in [2.24, 2.45) is 0 Å². The molecule has 1 amide bonds. The number of hydrogen-bond donors (Lipinski definition) is 2. The van der Waals surface area contributed by atoms with Crippen molar-refractivity contribution >= 4 is 18.3 Å².